The number of piperidine rings is 1. The second-order valence-corrected chi connectivity index (χ2v) is 6.34. The van der Waals surface area contributed by atoms with Crippen LogP contribution in [0, 0.1) is 13.8 Å². The first-order chi connectivity index (χ1) is 12.1. The van der Waals surface area contributed by atoms with E-state index < -0.39 is 0 Å². The molecule has 0 radical (unpaired) electrons. The van der Waals surface area contributed by atoms with Gasteiger partial charge in [0.1, 0.15) is 11.6 Å². The number of aromatic nitrogens is 3. The van der Waals surface area contributed by atoms with Gasteiger partial charge in [0.15, 0.2) is 5.82 Å². The average Bonchev–Trinajstić information content (AvgIpc) is 2.60. The van der Waals surface area contributed by atoms with Crippen molar-refractivity contribution < 1.29 is 4.79 Å². The van der Waals surface area contributed by atoms with Crippen molar-refractivity contribution in [2.45, 2.75) is 39.2 Å². The molecule has 132 valence electrons. The first-order valence-electron chi connectivity index (χ1n) is 8.62. The number of amides is 1. The molecule has 1 unspecified atom stereocenters. The lowest BCUT2D eigenvalue weighted by atomic mass is 10.0. The Labute approximate surface area is 147 Å². The predicted octanol–water partition coefficient (Wildman–Crippen LogP) is 2.24. The number of nitrogens with one attached hydrogen (secondary N) is 1. The minimum absolute atomic E-state index is 0.0145. The molecule has 0 spiro atoms. The summed E-state index contributed by atoms with van der Waals surface area (Å²) < 4.78 is 0. The molecular weight excluding hydrogens is 316 g/mol. The van der Waals surface area contributed by atoms with Gasteiger partial charge in [-0.15, -0.1) is 0 Å². The largest absolute Gasteiger partial charge is 0.331 e. The van der Waals surface area contributed by atoms with E-state index >= 15 is 0 Å². The molecule has 1 aliphatic heterocycles. The standard InChI is InChI=1S/C18H24N6O/c1-12-6-5-8-15(20-12)22-16-10-13(2)21-18(23-16)14-7-3-4-9-24(14)17(25)11-19/h5-6,8,10,14H,3-4,7,9,11,19H2,1-2H3,(H,20,21,22,23). The van der Waals surface area contributed by atoms with Crippen LogP contribution in [-0.2, 0) is 4.79 Å². The highest BCUT2D eigenvalue weighted by molar-refractivity contribution is 5.78. The summed E-state index contributed by atoms with van der Waals surface area (Å²) in [5, 5.41) is 3.23. The molecule has 3 rings (SSSR count). The normalized spacial score (nSPS) is 17.4. The van der Waals surface area contributed by atoms with Gasteiger partial charge in [-0.3, -0.25) is 4.79 Å². The van der Waals surface area contributed by atoms with Gasteiger partial charge < -0.3 is 16.0 Å². The number of aryl methyl sites for hydroxylation is 2. The van der Waals surface area contributed by atoms with Crippen LogP contribution in [0.5, 0.6) is 0 Å². The molecule has 1 atom stereocenters. The highest BCUT2D eigenvalue weighted by Crippen LogP contribution is 2.30. The van der Waals surface area contributed by atoms with E-state index in [1.54, 1.807) is 0 Å². The Morgan fingerprint density at radius 2 is 2.04 bits per heavy atom. The lowest BCUT2D eigenvalue weighted by Gasteiger charge is -2.34. The van der Waals surface area contributed by atoms with E-state index in [9.17, 15) is 4.79 Å². The topological polar surface area (TPSA) is 97.0 Å². The number of hydrogen-bond acceptors (Lipinski definition) is 6. The quantitative estimate of drug-likeness (QED) is 0.886. The molecule has 2 aromatic heterocycles. The van der Waals surface area contributed by atoms with Gasteiger partial charge in [0.2, 0.25) is 5.91 Å². The maximum atomic E-state index is 12.2. The van der Waals surface area contributed by atoms with Gasteiger partial charge in [-0.1, -0.05) is 6.07 Å². The first-order valence-corrected chi connectivity index (χ1v) is 8.62. The van der Waals surface area contributed by atoms with E-state index in [-0.39, 0.29) is 18.5 Å². The second kappa shape index (κ2) is 7.57. The first kappa shape index (κ1) is 17.3. The molecule has 1 amide bonds. The molecular formula is C18H24N6O. The van der Waals surface area contributed by atoms with Crippen LogP contribution >= 0.6 is 0 Å². The van der Waals surface area contributed by atoms with Crippen molar-refractivity contribution >= 4 is 17.5 Å². The molecule has 1 fully saturated rings. The van der Waals surface area contributed by atoms with Gasteiger partial charge in [-0.2, -0.15) is 0 Å². The molecule has 25 heavy (non-hydrogen) atoms. The van der Waals surface area contributed by atoms with Gasteiger partial charge in [0.25, 0.3) is 0 Å². The van der Waals surface area contributed by atoms with Crippen molar-refractivity contribution in [1.82, 2.24) is 19.9 Å². The fraction of sp³-hybridized carbons (Fsp3) is 0.444. The van der Waals surface area contributed by atoms with Crippen molar-refractivity contribution in [3.05, 3.63) is 41.5 Å². The van der Waals surface area contributed by atoms with Crippen LogP contribution in [0.3, 0.4) is 0 Å². The number of nitrogens with zero attached hydrogens (tertiary/aromatic N) is 4. The second-order valence-electron chi connectivity index (χ2n) is 6.34. The Bertz CT molecular complexity index is 763. The molecule has 0 aliphatic carbocycles. The van der Waals surface area contributed by atoms with E-state index in [1.807, 2.05) is 43.0 Å². The maximum absolute atomic E-state index is 12.2. The minimum Gasteiger partial charge on any atom is -0.331 e. The van der Waals surface area contributed by atoms with Crippen molar-refractivity contribution in [1.29, 1.82) is 0 Å². The summed E-state index contributed by atoms with van der Waals surface area (Å²) in [7, 11) is 0. The van der Waals surface area contributed by atoms with Crippen LogP contribution in [0.4, 0.5) is 11.6 Å². The van der Waals surface area contributed by atoms with Crippen molar-refractivity contribution in [3.63, 3.8) is 0 Å². The van der Waals surface area contributed by atoms with Crippen LogP contribution < -0.4 is 11.1 Å². The summed E-state index contributed by atoms with van der Waals surface area (Å²) in [5.74, 6) is 2.04. The summed E-state index contributed by atoms with van der Waals surface area (Å²) in [4.78, 5) is 27.7. The molecule has 0 saturated carbocycles. The Hall–Kier alpha value is -2.54. The third kappa shape index (κ3) is 4.11. The van der Waals surface area contributed by atoms with E-state index in [0.717, 1.165) is 36.5 Å². The number of carbonyl (C=O) groups is 1. The Morgan fingerprint density at radius 3 is 2.80 bits per heavy atom. The fourth-order valence-electron chi connectivity index (χ4n) is 3.16. The van der Waals surface area contributed by atoms with Crippen LogP contribution in [0.25, 0.3) is 0 Å². The van der Waals surface area contributed by atoms with Crippen LogP contribution in [0.1, 0.15) is 42.5 Å². The molecule has 7 nitrogen and oxygen atoms in total. The number of pyridine rings is 1. The smallest absolute Gasteiger partial charge is 0.236 e. The zero-order chi connectivity index (χ0) is 17.8. The molecule has 3 heterocycles. The molecule has 7 heteroatoms. The van der Waals surface area contributed by atoms with E-state index in [4.69, 9.17) is 5.73 Å². The Balaban J connectivity index is 1.88. The summed E-state index contributed by atoms with van der Waals surface area (Å²) >= 11 is 0. The molecule has 1 saturated heterocycles. The number of rotatable bonds is 4. The van der Waals surface area contributed by atoms with Crippen LogP contribution in [0.2, 0.25) is 0 Å². The van der Waals surface area contributed by atoms with E-state index in [1.165, 1.54) is 0 Å². The molecule has 3 N–H and O–H groups in total. The van der Waals surface area contributed by atoms with Crippen molar-refractivity contribution in [2.75, 3.05) is 18.4 Å². The number of nitrogens with two attached hydrogens (primary N) is 1. The summed E-state index contributed by atoms with van der Waals surface area (Å²) in [5.41, 5.74) is 7.35. The van der Waals surface area contributed by atoms with Gasteiger partial charge in [-0.05, 0) is 45.2 Å². The van der Waals surface area contributed by atoms with Crippen LogP contribution in [-0.4, -0.2) is 38.8 Å². The Morgan fingerprint density at radius 1 is 1.20 bits per heavy atom. The van der Waals surface area contributed by atoms with Crippen molar-refractivity contribution in [3.8, 4) is 0 Å². The summed E-state index contributed by atoms with van der Waals surface area (Å²) in [6.07, 6.45) is 2.90. The lowest BCUT2D eigenvalue weighted by Crippen LogP contribution is -2.42. The van der Waals surface area contributed by atoms with Gasteiger partial charge >= 0.3 is 0 Å². The van der Waals surface area contributed by atoms with Gasteiger partial charge in [-0.25, -0.2) is 15.0 Å². The SMILES string of the molecule is Cc1cccc(Nc2cc(C)nc(C3CCCCN3C(=O)CN)n2)n1. The zero-order valence-electron chi connectivity index (χ0n) is 14.7. The van der Waals surface area contributed by atoms with Crippen LogP contribution in [0.15, 0.2) is 24.3 Å². The molecule has 0 bridgehead atoms. The van der Waals surface area contributed by atoms with E-state index in [0.29, 0.717) is 18.2 Å². The molecule has 2 aromatic rings. The predicted molar refractivity (Wildman–Crippen MR) is 96.4 cm³/mol. The molecule has 0 aromatic carbocycles. The number of carbonyl (C=O) groups excluding carboxylic acids is 1. The monoisotopic (exact) mass is 340 g/mol. The third-order valence-electron chi connectivity index (χ3n) is 4.31. The highest BCUT2D eigenvalue weighted by atomic mass is 16.2. The summed E-state index contributed by atoms with van der Waals surface area (Å²) in [6, 6.07) is 7.55. The summed E-state index contributed by atoms with van der Waals surface area (Å²) in [6.45, 7) is 4.60. The van der Waals surface area contributed by atoms with E-state index in [2.05, 4.69) is 20.3 Å². The van der Waals surface area contributed by atoms with Gasteiger partial charge in [0, 0.05) is 24.0 Å². The van der Waals surface area contributed by atoms with Crippen molar-refractivity contribution in [2.24, 2.45) is 5.73 Å². The minimum atomic E-state index is -0.115. The lowest BCUT2D eigenvalue weighted by molar-refractivity contribution is -0.133. The molecule has 1 aliphatic rings. The number of likely N-dealkylation sites (tertiary alicyclic amines) is 1. The average molecular weight is 340 g/mol. The number of hydrogen-bond donors (Lipinski definition) is 2. The maximum Gasteiger partial charge on any atom is 0.236 e. The third-order valence-corrected chi connectivity index (χ3v) is 4.31. The fourth-order valence-corrected chi connectivity index (χ4v) is 3.16. The van der Waals surface area contributed by atoms with Gasteiger partial charge in [0.05, 0.1) is 12.6 Å². The zero-order valence-corrected chi connectivity index (χ0v) is 14.7. The Kier molecular flexibility index (Phi) is 5.23. The highest BCUT2D eigenvalue weighted by Gasteiger charge is 2.29. The number of anilines is 2.